The van der Waals surface area contributed by atoms with E-state index in [4.69, 9.17) is 38.0 Å². The molecule has 0 spiro atoms. The standard InChI is InChI=1S/C22H26FN9O9P2S2/c1-22-5-37-43(34,45)40-14-11(38-20(12(14)23)31-8-29-10-3-25-6-27-18(10)31)4-36-42(33,44)41-16(22)15(35-2)21(39-22)32-9-30-13-17(24)26-7-28-19(13)32/h3,6-9,11-12,14-16,20-21H,4-5H2,1-2H3,(H,33,44)(H,34,45)(H2,24,26,28)/t11-,12-,14-,15-,16+,20-,21-,22-,42?,43?/m1/s1. The van der Waals surface area contributed by atoms with Gasteiger partial charge in [0.2, 0.25) is 0 Å². The van der Waals surface area contributed by atoms with E-state index in [1.54, 1.807) is 6.92 Å². The summed E-state index contributed by atoms with van der Waals surface area (Å²) in [5, 5.41) is 0. The highest BCUT2D eigenvalue weighted by Gasteiger charge is 2.59. The summed E-state index contributed by atoms with van der Waals surface area (Å²) in [6.45, 7) is -8.10. The summed E-state index contributed by atoms with van der Waals surface area (Å²) >= 11 is 8.30. The van der Waals surface area contributed by atoms with Crippen molar-refractivity contribution >= 4 is 66.2 Å². The average Bonchev–Trinajstić information content (AvgIpc) is 3.75. The zero-order valence-corrected chi connectivity index (χ0v) is 26.9. The Hall–Kier alpha value is -2.29. The summed E-state index contributed by atoms with van der Waals surface area (Å²) in [6.07, 6.45) is -2.61. The molecule has 242 valence electrons. The number of nitrogens with zero attached hydrogens (tertiary/aromatic N) is 8. The highest BCUT2D eigenvalue weighted by Crippen LogP contribution is 2.62. The maximum atomic E-state index is 16.0. The summed E-state index contributed by atoms with van der Waals surface area (Å²) in [7, 11) is 1.38. The van der Waals surface area contributed by atoms with E-state index in [0.29, 0.717) is 16.7 Å². The second kappa shape index (κ2) is 11.4. The summed E-state index contributed by atoms with van der Waals surface area (Å²) in [4.78, 5) is 24.7. The fourth-order valence-corrected chi connectivity index (χ4v) is 8.66. The van der Waals surface area contributed by atoms with E-state index < -0.39 is 75.5 Å². The number of hydrogen-bond donors (Lipinski definition) is 3. The number of nitrogen functional groups attached to an aromatic ring is 1. The second-order valence-electron chi connectivity index (χ2n) is 10.6. The Labute approximate surface area is 263 Å². The number of halogens is 1. The van der Waals surface area contributed by atoms with Crippen LogP contribution < -0.4 is 5.73 Å². The summed E-state index contributed by atoms with van der Waals surface area (Å²) in [5.74, 6) is 0.139. The topological polar surface area (TPSA) is 212 Å². The van der Waals surface area contributed by atoms with E-state index in [-0.39, 0.29) is 11.5 Å². The first-order valence-electron chi connectivity index (χ1n) is 13.3. The molecule has 10 atom stereocenters. The highest BCUT2D eigenvalue weighted by molar-refractivity contribution is 8.44. The number of fused-ring (bicyclic) bond motifs is 4. The van der Waals surface area contributed by atoms with Crippen molar-refractivity contribution in [1.29, 1.82) is 0 Å². The maximum absolute atomic E-state index is 16.0. The number of alkyl halides is 1. The first-order valence-corrected chi connectivity index (χ1v) is 18.7. The first-order chi connectivity index (χ1) is 21.4. The van der Waals surface area contributed by atoms with Crippen LogP contribution in [0.25, 0.3) is 22.3 Å². The molecule has 0 amide bonds. The molecule has 18 nitrogen and oxygen atoms in total. The largest absolute Gasteiger partial charge is 0.386 e. The molecular weight excluding hydrogens is 679 g/mol. The number of aromatic nitrogens is 8. The third kappa shape index (κ3) is 5.57. The number of methoxy groups -OCH3 is 1. The van der Waals surface area contributed by atoms with Crippen molar-refractivity contribution in [3.05, 3.63) is 31.5 Å². The van der Waals surface area contributed by atoms with E-state index in [2.05, 4.69) is 54.4 Å². The molecule has 2 N–H and O–H groups in total. The van der Waals surface area contributed by atoms with Crippen LogP contribution in [0, 0.1) is 0 Å². The lowest BCUT2D eigenvalue weighted by Crippen LogP contribution is -2.46. The zero-order valence-electron chi connectivity index (χ0n) is 23.3. The summed E-state index contributed by atoms with van der Waals surface area (Å²) < 4.78 is 87.0. The van der Waals surface area contributed by atoms with Crippen molar-refractivity contribution in [2.45, 2.75) is 55.6 Å². The number of ether oxygens (including phenoxy) is 3. The third-order valence-corrected chi connectivity index (χ3v) is 10.9. The molecule has 2 unspecified atom stereocenters. The van der Waals surface area contributed by atoms with Crippen LogP contribution in [0.4, 0.5) is 10.2 Å². The van der Waals surface area contributed by atoms with Crippen LogP contribution in [0.5, 0.6) is 0 Å². The van der Waals surface area contributed by atoms with Crippen molar-refractivity contribution in [1.82, 2.24) is 39.0 Å². The SMILES string of the molecule is CO[C@H]1[C@H](n2cnc3c(N)ncnc32)O[C@]2(C)COP(=O)(S)O[C@H]3[C@@H](F)[C@H](n4cnc5cncnc54)O[C@@H]3COP(=O)(S)O[C@@H]12. The number of rotatable bonds is 3. The molecule has 4 aromatic rings. The Kier molecular flexibility index (Phi) is 7.97. The zero-order chi connectivity index (χ0) is 31.7. The van der Waals surface area contributed by atoms with Crippen LogP contribution in [0.3, 0.4) is 0 Å². The van der Waals surface area contributed by atoms with Gasteiger partial charge in [-0.15, -0.1) is 0 Å². The minimum atomic E-state index is -4.33. The van der Waals surface area contributed by atoms with Gasteiger partial charge < -0.3 is 19.9 Å². The Morgan fingerprint density at radius 1 is 1.02 bits per heavy atom. The van der Waals surface area contributed by atoms with Crippen molar-refractivity contribution < 1.29 is 45.8 Å². The lowest BCUT2D eigenvalue weighted by atomic mass is 9.98. The molecule has 23 heteroatoms. The molecular formula is C22H26FN9O9P2S2. The van der Waals surface area contributed by atoms with Crippen LogP contribution in [0.15, 0.2) is 31.5 Å². The van der Waals surface area contributed by atoms with Gasteiger partial charge in [0.1, 0.15) is 53.7 Å². The summed E-state index contributed by atoms with van der Waals surface area (Å²) in [6, 6.07) is 0. The minimum Gasteiger partial charge on any atom is -0.382 e. The minimum absolute atomic E-state index is 0.139. The molecule has 7 rings (SSSR count). The molecule has 0 aliphatic carbocycles. The highest BCUT2D eigenvalue weighted by atomic mass is 32.7. The van der Waals surface area contributed by atoms with Gasteiger partial charge in [-0.25, -0.2) is 43.4 Å². The normalized spacial score (nSPS) is 39.4. The van der Waals surface area contributed by atoms with Gasteiger partial charge in [-0.2, -0.15) is 0 Å². The number of imidazole rings is 2. The molecule has 4 aromatic heterocycles. The van der Waals surface area contributed by atoms with E-state index in [9.17, 15) is 9.13 Å². The number of thiol groups is 2. The molecule has 0 bridgehead atoms. The van der Waals surface area contributed by atoms with Crippen LogP contribution in [0.1, 0.15) is 19.4 Å². The predicted molar refractivity (Wildman–Crippen MR) is 158 cm³/mol. The Bertz CT molecular complexity index is 1860. The molecule has 0 saturated carbocycles. The van der Waals surface area contributed by atoms with Gasteiger partial charge in [0.25, 0.3) is 0 Å². The van der Waals surface area contributed by atoms with Gasteiger partial charge in [0.05, 0.1) is 32.1 Å². The quantitative estimate of drug-likeness (QED) is 0.207. The number of nitrogens with two attached hydrogens (primary N) is 1. The number of hydrogen-bond acceptors (Lipinski definition) is 16. The van der Waals surface area contributed by atoms with Crippen molar-refractivity contribution in [2.24, 2.45) is 0 Å². The van der Waals surface area contributed by atoms with Gasteiger partial charge in [-0.05, 0) is 6.92 Å². The van der Waals surface area contributed by atoms with E-state index >= 15 is 4.39 Å². The smallest absolute Gasteiger partial charge is 0.382 e. The van der Waals surface area contributed by atoms with Crippen LogP contribution in [-0.2, 0) is 41.4 Å². The Balaban J connectivity index is 1.20. The van der Waals surface area contributed by atoms with Gasteiger partial charge in [-0.1, -0.05) is 24.5 Å². The second-order valence-corrected chi connectivity index (χ2v) is 16.4. The monoisotopic (exact) mass is 705 g/mol. The molecule has 45 heavy (non-hydrogen) atoms. The Morgan fingerprint density at radius 3 is 2.56 bits per heavy atom. The van der Waals surface area contributed by atoms with Crippen LogP contribution >= 0.6 is 38.1 Å². The van der Waals surface area contributed by atoms with Crippen LogP contribution in [-0.4, -0.2) is 95.6 Å². The molecule has 0 radical (unpaired) electrons. The van der Waals surface area contributed by atoms with E-state index in [0.717, 1.165) is 0 Å². The molecule has 3 saturated heterocycles. The average molecular weight is 706 g/mol. The van der Waals surface area contributed by atoms with Gasteiger partial charge in [0.15, 0.2) is 35.7 Å². The Morgan fingerprint density at radius 2 is 1.76 bits per heavy atom. The van der Waals surface area contributed by atoms with Gasteiger partial charge in [-0.3, -0.25) is 27.2 Å². The fraction of sp³-hybridized carbons (Fsp3) is 0.545. The van der Waals surface area contributed by atoms with Gasteiger partial charge in [0, 0.05) is 7.11 Å². The van der Waals surface area contributed by atoms with Crippen molar-refractivity contribution in [2.75, 3.05) is 26.1 Å². The first kappa shape index (κ1) is 31.3. The third-order valence-electron chi connectivity index (χ3n) is 7.70. The molecule has 3 aliphatic heterocycles. The predicted octanol–water partition coefficient (Wildman–Crippen LogP) is 2.68. The number of anilines is 1. The maximum Gasteiger partial charge on any atom is 0.386 e. The lowest BCUT2D eigenvalue weighted by Gasteiger charge is -2.34. The summed E-state index contributed by atoms with van der Waals surface area (Å²) in [5.41, 5.74) is 5.70. The van der Waals surface area contributed by atoms with Crippen molar-refractivity contribution in [3.63, 3.8) is 0 Å². The van der Waals surface area contributed by atoms with E-state index in [1.165, 1.54) is 47.8 Å². The molecule has 0 aromatic carbocycles. The lowest BCUT2D eigenvalue weighted by molar-refractivity contribution is -0.112. The van der Waals surface area contributed by atoms with Crippen LogP contribution in [0.2, 0.25) is 0 Å². The van der Waals surface area contributed by atoms with E-state index in [1.807, 2.05) is 0 Å². The molecule has 3 fully saturated rings. The fourth-order valence-electron chi connectivity index (χ4n) is 5.59. The molecule has 7 heterocycles. The van der Waals surface area contributed by atoms with Crippen molar-refractivity contribution in [3.8, 4) is 0 Å². The molecule has 3 aliphatic rings. The van der Waals surface area contributed by atoms with Gasteiger partial charge >= 0.3 is 13.6 Å².